The highest BCUT2D eigenvalue weighted by Crippen LogP contribution is 2.53. The molecule has 1 aromatic rings. The fourth-order valence-corrected chi connectivity index (χ4v) is 2.28. The van der Waals surface area contributed by atoms with E-state index in [-0.39, 0.29) is 5.41 Å². The van der Waals surface area contributed by atoms with Crippen molar-refractivity contribution >= 4 is 5.84 Å². The van der Waals surface area contributed by atoms with Gasteiger partial charge in [-0.2, -0.15) is 0 Å². The summed E-state index contributed by atoms with van der Waals surface area (Å²) in [5, 5.41) is 7.68. The molecule has 74 valence electrons. The van der Waals surface area contributed by atoms with E-state index in [1.165, 1.54) is 11.1 Å². The fourth-order valence-electron chi connectivity index (χ4n) is 2.28. The van der Waals surface area contributed by atoms with Crippen molar-refractivity contribution in [3.05, 3.63) is 35.4 Å². The van der Waals surface area contributed by atoms with Crippen molar-refractivity contribution < 1.29 is 0 Å². The van der Waals surface area contributed by atoms with Crippen molar-refractivity contribution in [3.8, 4) is 0 Å². The normalized spacial score (nSPS) is 30.0. The molecule has 1 aliphatic rings. The number of nitrogens with one attached hydrogen (secondary N) is 1. The lowest BCUT2D eigenvalue weighted by Gasteiger charge is -2.15. The van der Waals surface area contributed by atoms with Crippen LogP contribution in [0.3, 0.4) is 0 Å². The molecular weight excluding hydrogens is 172 g/mol. The van der Waals surface area contributed by atoms with Crippen LogP contribution in [0.5, 0.6) is 0 Å². The predicted octanol–water partition coefficient (Wildman–Crippen LogP) is 2.21. The lowest BCUT2D eigenvalue weighted by Crippen LogP contribution is -2.29. The lowest BCUT2D eigenvalue weighted by atomic mass is 9.91. The minimum atomic E-state index is -0.147. The van der Waals surface area contributed by atoms with Gasteiger partial charge < -0.3 is 5.73 Å². The molecule has 2 unspecified atom stereocenters. The van der Waals surface area contributed by atoms with Crippen molar-refractivity contribution in [3.63, 3.8) is 0 Å². The molecule has 2 atom stereocenters. The highest BCUT2D eigenvalue weighted by atomic mass is 14.8. The molecular formula is C12H16N2. The first-order valence-electron chi connectivity index (χ1n) is 4.99. The van der Waals surface area contributed by atoms with Crippen LogP contribution in [0, 0.1) is 18.3 Å². The minimum absolute atomic E-state index is 0.147. The van der Waals surface area contributed by atoms with Crippen LogP contribution in [0.15, 0.2) is 24.3 Å². The van der Waals surface area contributed by atoms with Crippen LogP contribution in [0.1, 0.15) is 24.5 Å². The summed E-state index contributed by atoms with van der Waals surface area (Å²) in [5.74, 6) is 0.831. The van der Waals surface area contributed by atoms with Gasteiger partial charge in [0.1, 0.15) is 5.84 Å². The molecule has 2 nitrogen and oxygen atoms in total. The molecule has 0 aromatic heterocycles. The number of rotatable bonds is 2. The molecule has 1 aromatic carbocycles. The summed E-state index contributed by atoms with van der Waals surface area (Å²) in [4.78, 5) is 0. The van der Waals surface area contributed by atoms with Crippen molar-refractivity contribution in [1.29, 1.82) is 5.41 Å². The van der Waals surface area contributed by atoms with Crippen LogP contribution in [0.25, 0.3) is 0 Å². The first-order valence-corrected chi connectivity index (χ1v) is 4.99. The Kier molecular flexibility index (Phi) is 1.88. The summed E-state index contributed by atoms with van der Waals surface area (Å²) in [6, 6.07) is 8.34. The van der Waals surface area contributed by atoms with Crippen LogP contribution in [-0.4, -0.2) is 5.84 Å². The van der Waals surface area contributed by atoms with E-state index < -0.39 is 0 Å². The summed E-state index contributed by atoms with van der Waals surface area (Å²) in [6.45, 7) is 4.23. The maximum absolute atomic E-state index is 7.68. The molecule has 0 amide bonds. The van der Waals surface area contributed by atoms with Gasteiger partial charge in [0.2, 0.25) is 0 Å². The van der Waals surface area contributed by atoms with E-state index in [4.69, 9.17) is 11.1 Å². The Morgan fingerprint density at radius 3 is 2.64 bits per heavy atom. The number of nitrogens with two attached hydrogens (primary N) is 1. The second-order valence-corrected chi connectivity index (χ2v) is 4.36. The highest BCUT2D eigenvalue weighted by Gasteiger charge is 2.55. The van der Waals surface area contributed by atoms with Gasteiger partial charge in [-0.3, -0.25) is 5.41 Å². The average molecular weight is 188 g/mol. The van der Waals surface area contributed by atoms with Gasteiger partial charge in [0.05, 0.1) is 5.41 Å². The van der Waals surface area contributed by atoms with Gasteiger partial charge >= 0.3 is 0 Å². The predicted molar refractivity (Wildman–Crippen MR) is 58.6 cm³/mol. The van der Waals surface area contributed by atoms with Gasteiger partial charge in [-0.25, -0.2) is 0 Å². The molecule has 3 N–H and O–H groups in total. The molecule has 1 fully saturated rings. The molecule has 0 heterocycles. The summed E-state index contributed by atoms with van der Waals surface area (Å²) in [6.07, 6.45) is 1.02. The Morgan fingerprint density at radius 2 is 2.21 bits per heavy atom. The maximum atomic E-state index is 7.68. The van der Waals surface area contributed by atoms with E-state index in [1.54, 1.807) is 0 Å². The number of hydrogen-bond donors (Lipinski definition) is 2. The standard InChI is InChI=1S/C12H16N2/c1-8-4-3-5-10(6-8)12(11(13)14)7-9(12)2/h3-6,9H,7H2,1-2H3,(H3,13,14). The van der Waals surface area contributed by atoms with Crippen molar-refractivity contribution in [2.75, 3.05) is 0 Å². The highest BCUT2D eigenvalue weighted by molar-refractivity contribution is 5.92. The Hall–Kier alpha value is -1.31. The zero-order valence-corrected chi connectivity index (χ0v) is 8.67. The zero-order chi connectivity index (χ0) is 10.3. The van der Waals surface area contributed by atoms with E-state index >= 15 is 0 Å². The van der Waals surface area contributed by atoms with Gasteiger partial charge in [0.25, 0.3) is 0 Å². The molecule has 14 heavy (non-hydrogen) atoms. The van der Waals surface area contributed by atoms with E-state index in [2.05, 4.69) is 32.0 Å². The van der Waals surface area contributed by atoms with Crippen LogP contribution in [-0.2, 0) is 5.41 Å². The van der Waals surface area contributed by atoms with E-state index in [1.807, 2.05) is 6.07 Å². The van der Waals surface area contributed by atoms with Gasteiger partial charge in [-0.05, 0) is 24.8 Å². The first kappa shape index (κ1) is 9.25. The number of benzene rings is 1. The van der Waals surface area contributed by atoms with Gasteiger partial charge in [-0.1, -0.05) is 36.8 Å². The largest absolute Gasteiger partial charge is 0.387 e. The summed E-state index contributed by atoms with van der Waals surface area (Å²) in [7, 11) is 0. The van der Waals surface area contributed by atoms with E-state index in [0.29, 0.717) is 11.8 Å². The third-order valence-corrected chi connectivity index (χ3v) is 3.32. The van der Waals surface area contributed by atoms with Gasteiger partial charge in [-0.15, -0.1) is 0 Å². The Labute approximate surface area is 84.6 Å². The number of aryl methyl sites for hydroxylation is 1. The van der Waals surface area contributed by atoms with Gasteiger partial charge in [0.15, 0.2) is 0 Å². The fraction of sp³-hybridized carbons (Fsp3) is 0.417. The topological polar surface area (TPSA) is 49.9 Å². The Bertz CT molecular complexity index is 384. The molecule has 1 aliphatic carbocycles. The molecule has 0 spiro atoms. The second-order valence-electron chi connectivity index (χ2n) is 4.36. The third kappa shape index (κ3) is 1.14. The Morgan fingerprint density at radius 1 is 1.57 bits per heavy atom. The minimum Gasteiger partial charge on any atom is -0.387 e. The van der Waals surface area contributed by atoms with Crippen LogP contribution >= 0.6 is 0 Å². The Balaban J connectivity index is 2.44. The monoisotopic (exact) mass is 188 g/mol. The maximum Gasteiger partial charge on any atom is 0.102 e. The molecule has 0 radical (unpaired) electrons. The molecule has 0 saturated heterocycles. The molecule has 2 rings (SSSR count). The number of hydrogen-bond acceptors (Lipinski definition) is 1. The first-order chi connectivity index (χ1) is 6.57. The molecule has 1 saturated carbocycles. The average Bonchev–Trinajstić information content (AvgIpc) is 2.79. The van der Waals surface area contributed by atoms with E-state index in [9.17, 15) is 0 Å². The summed E-state index contributed by atoms with van der Waals surface area (Å²) >= 11 is 0. The zero-order valence-electron chi connectivity index (χ0n) is 8.67. The lowest BCUT2D eigenvalue weighted by molar-refractivity contribution is 0.804. The second kappa shape index (κ2) is 2.84. The molecule has 0 aliphatic heterocycles. The van der Waals surface area contributed by atoms with Crippen LogP contribution < -0.4 is 5.73 Å². The molecule has 0 bridgehead atoms. The van der Waals surface area contributed by atoms with Crippen LogP contribution in [0.4, 0.5) is 0 Å². The quantitative estimate of drug-likeness (QED) is 0.542. The molecule has 2 heteroatoms. The third-order valence-electron chi connectivity index (χ3n) is 3.32. The van der Waals surface area contributed by atoms with Crippen LogP contribution in [0.2, 0.25) is 0 Å². The van der Waals surface area contributed by atoms with Crippen molar-refractivity contribution in [2.24, 2.45) is 11.7 Å². The SMILES string of the molecule is Cc1cccc(C2(C(=N)N)CC2C)c1. The van der Waals surface area contributed by atoms with Crippen molar-refractivity contribution in [2.45, 2.75) is 25.7 Å². The number of amidine groups is 1. The van der Waals surface area contributed by atoms with Crippen molar-refractivity contribution in [1.82, 2.24) is 0 Å². The van der Waals surface area contributed by atoms with Gasteiger partial charge in [0, 0.05) is 0 Å². The summed E-state index contributed by atoms with van der Waals surface area (Å²) < 4.78 is 0. The smallest absolute Gasteiger partial charge is 0.102 e. The van der Waals surface area contributed by atoms with E-state index in [0.717, 1.165) is 6.42 Å². The summed E-state index contributed by atoms with van der Waals surface area (Å²) in [5.41, 5.74) is 7.99.